The number of carbonyl (C=O) groups excluding carboxylic acids is 1. The van der Waals surface area contributed by atoms with Gasteiger partial charge in [0.1, 0.15) is 0 Å². The summed E-state index contributed by atoms with van der Waals surface area (Å²) < 4.78 is 5.52. The van der Waals surface area contributed by atoms with Crippen LogP contribution in [0, 0.1) is 6.92 Å². The van der Waals surface area contributed by atoms with E-state index in [1.165, 1.54) is 0 Å². The minimum absolute atomic E-state index is 0.187. The first-order valence-electron chi connectivity index (χ1n) is 5.27. The Bertz CT molecular complexity index is 375. The van der Waals surface area contributed by atoms with Crippen molar-refractivity contribution < 1.29 is 9.53 Å². The zero-order chi connectivity index (χ0) is 12.1. The fraction of sp³-hybridized carbons (Fsp3) is 0.417. The smallest absolute Gasteiger partial charge is 0.316 e. The molecule has 0 aliphatic rings. The van der Waals surface area contributed by atoms with E-state index in [1.807, 2.05) is 39.0 Å². The number of ether oxygens (including phenoxy) is 1. The van der Waals surface area contributed by atoms with Crippen molar-refractivity contribution in [3.05, 3.63) is 29.3 Å². The van der Waals surface area contributed by atoms with Crippen LogP contribution in [0.5, 0.6) is 0 Å². The van der Waals surface area contributed by atoms with Crippen LogP contribution in [-0.4, -0.2) is 12.1 Å². The molecule has 0 aliphatic heterocycles. The predicted octanol–water partition coefficient (Wildman–Crippen LogP) is 2.41. The van der Waals surface area contributed by atoms with E-state index in [4.69, 9.17) is 10.5 Å². The highest BCUT2D eigenvalue weighted by Crippen LogP contribution is 2.19. The minimum Gasteiger partial charge on any atom is -0.374 e. The van der Waals surface area contributed by atoms with Crippen LogP contribution in [-0.2, 0) is 11.3 Å². The van der Waals surface area contributed by atoms with Gasteiger partial charge in [-0.05, 0) is 38.0 Å². The number of urea groups is 1. The summed E-state index contributed by atoms with van der Waals surface area (Å²) >= 11 is 0. The molecule has 0 atom stereocenters. The van der Waals surface area contributed by atoms with Crippen molar-refractivity contribution in [1.82, 2.24) is 0 Å². The Labute approximate surface area is 95.8 Å². The van der Waals surface area contributed by atoms with Gasteiger partial charge < -0.3 is 15.8 Å². The maximum Gasteiger partial charge on any atom is 0.316 e. The average molecular weight is 222 g/mol. The van der Waals surface area contributed by atoms with Crippen LogP contribution in [0.25, 0.3) is 0 Å². The minimum atomic E-state index is -0.551. The maximum atomic E-state index is 10.8. The van der Waals surface area contributed by atoms with E-state index in [9.17, 15) is 4.79 Å². The van der Waals surface area contributed by atoms with Crippen LogP contribution < -0.4 is 11.1 Å². The zero-order valence-electron chi connectivity index (χ0n) is 9.91. The molecule has 4 nitrogen and oxygen atoms in total. The van der Waals surface area contributed by atoms with Gasteiger partial charge in [0.15, 0.2) is 0 Å². The van der Waals surface area contributed by atoms with Crippen molar-refractivity contribution in [3.63, 3.8) is 0 Å². The van der Waals surface area contributed by atoms with E-state index >= 15 is 0 Å². The summed E-state index contributed by atoms with van der Waals surface area (Å²) in [7, 11) is 0. The molecule has 88 valence electrons. The van der Waals surface area contributed by atoms with E-state index in [0.29, 0.717) is 6.61 Å². The normalized spacial score (nSPS) is 10.5. The van der Waals surface area contributed by atoms with Gasteiger partial charge >= 0.3 is 6.03 Å². The van der Waals surface area contributed by atoms with E-state index in [-0.39, 0.29) is 6.10 Å². The Balaban J connectivity index is 2.81. The van der Waals surface area contributed by atoms with Gasteiger partial charge in [0.25, 0.3) is 0 Å². The molecule has 3 N–H and O–H groups in total. The van der Waals surface area contributed by atoms with Gasteiger partial charge in [-0.3, -0.25) is 0 Å². The molecule has 0 bridgehead atoms. The molecular formula is C12H18N2O2. The molecule has 2 amide bonds. The van der Waals surface area contributed by atoms with Crippen molar-refractivity contribution in [1.29, 1.82) is 0 Å². The number of rotatable bonds is 4. The fourth-order valence-corrected chi connectivity index (χ4v) is 1.36. The monoisotopic (exact) mass is 222 g/mol. The highest BCUT2D eigenvalue weighted by Gasteiger charge is 2.06. The van der Waals surface area contributed by atoms with Crippen LogP contribution in [0.1, 0.15) is 25.0 Å². The molecule has 0 saturated carbocycles. The number of nitrogens with two attached hydrogens (primary N) is 1. The second-order valence-electron chi connectivity index (χ2n) is 3.94. The lowest BCUT2D eigenvalue weighted by molar-refractivity contribution is 0.0654. The number of carbonyl (C=O) groups is 1. The number of nitrogens with one attached hydrogen (secondary N) is 1. The third-order valence-electron chi connectivity index (χ3n) is 2.28. The Kier molecular flexibility index (Phi) is 4.31. The highest BCUT2D eigenvalue weighted by atomic mass is 16.5. The fourth-order valence-electron chi connectivity index (χ4n) is 1.36. The van der Waals surface area contributed by atoms with E-state index in [2.05, 4.69) is 5.32 Å². The van der Waals surface area contributed by atoms with Crippen LogP contribution in [0.3, 0.4) is 0 Å². The molecule has 0 aromatic heterocycles. The third-order valence-corrected chi connectivity index (χ3v) is 2.28. The zero-order valence-corrected chi connectivity index (χ0v) is 9.91. The van der Waals surface area contributed by atoms with Gasteiger partial charge in [-0.15, -0.1) is 0 Å². The van der Waals surface area contributed by atoms with Crippen molar-refractivity contribution in [2.45, 2.75) is 33.5 Å². The first kappa shape index (κ1) is 12.5. The lowest BCUT2D eigenvalue weighted by Crippen LogP contribution is -2.20. The molecule has 0 heterocycles. The molecule has 4 heteroatoms. The molecule has 1 aromatic carbocycles. The molecule has 0 saturated heterocycles. The molecule has 0 radical (unpaired) electrons. The summed E-state index contributed by atoms with van der Waals surface area (Å²) in [6.07, 6.45) is 0.187. The van der Waals surface area contributed by atoms with Gasteiger partial charge in [-0.2, -0.15) is 0 Å². The first-order chi connectivity index (χ1) is 7.50. The average Bonchev–Trinajstić information content (AvgIpc) is 2.18. The molecule has 0 spiro atoms. The molecule has 0 fully saturated rings. The summed E-state index contributed by atoms with van der Waals surface area (Å²) in [6.45, 7) is 6.45. The number of anilines is 1. The van der Waals surface area contributed by atoms with Gasteiger partial charge in [-0.25, -0.2) is 4.79 Å². The lowest BCUT2D eigenvalue weighted by atomic mass is 10.1. The van der Waals surface area contributed by atoms with Gasteiger partial charge in [0.2, 0.25) is 0 Å². The van der Waals surface area contributed by atoms with Crippen LogP contribution in [0.4, 0.5) is 10.5 Å². The summed E-state index contributed by atoms with van der Waals surface area (Å²) in [5.41, 5.74) is 7.86. The first-order valence-corrected chi connectivity index (χ1v) is 5.27. The Morgan fingerprint density at radius 2 is 2.19 bits per heavy atom. The second-order valence-corrected chi connectivity index (χ2v) is 3.94. The van der Waals surface area contributed by atoms with Crippen molar-refractivity contribution in [2.75, 3.05) is 5.32 Å². The summed E-state index contributed by atoms with van der Waals surface area (Å²) in [5.74, 6) is 0. The third kappa shape index (κ3) is 3.55. The van der Waals surface area contributed by atoms with Crippen LogP contribution in [0.2, 0.25) is 0 Å². The van der Waals surface area contributed by atoms with Crippen molar-refractivity contribution in [3.8, 4) is 0 Å². The number of benzene rings is 1. The van der Waals surface area contributed by atoms with E-state index in [1.54, 1.807) is 0 Å². The Morgan fingerprint density at radius 1 is 1.50 bits per heavy atom. The van der Waals surface area contributed by atoms with E-state index < -0.39 is 6.03 Å². The van der Waals surface area contributed by atoms with Crippen molar-refractivity contribution >= 4 is 11.7 Å². The highest BCUT2D eigenvalue weighted by molar-refractivity contribution is 5.88. The Hall–Kier alpha value is -1.55. The van der Waals surface area contributed by atoms with Gasteiger partial charge in [-0.1, -0.05) is 12.1 Å². The molecule has 16 heavy (non-hydrogen) atoms. The van der Waals surface area contributed by atoms with E-state index in [0.717, 1.165) is 16.8 Å². The number of amides is 2. The topological polar surface area (TPSA) is 64.3 Å². The lowest BCUT2D eigenvalue weighted by Gasteiger charge is -2.13. The second kappa shape index (κ2) is 5.51. The molecule has 1 rings (SSSR count). The SMILES string of the molecule is Cc1c(COC(C)C)cccc1NC(N)=O. The quantitative estimate of drug-likeness (QED) is 0.821. The Morgan fingerprint density at radius 3 is 2.75 bits per heavy atom. The molecular weight excluding hydrogens is 204 g/mol. The summed E-state index contributed by atoms with van der Waals surface area (Å²) in [4.78, 5) is 10.8. The summed E-state index contributed by atoms with van der Waals surface area (Å²) in [6, 6.07) is 5.12. The molecule has 0 unspecified atom stereocenters. The standard InChI is InChI=1S/C12H18N2O2/c1-8(2)16-7-10-5-4-6-11(9(10)3)14-12(13)15/h4-6,8H,7H2,1-3H3,(H3,13,14,15). The van der Waals surface area contributed by atoms with Gasteiger partial charge in [0.05, 0.1) is 12.7 Å². The number of hydrogen-bond acceptors (Lipinski definition) is 2. The van der Waals surface area contributed by atoms with Gasteiger partial charge in [0, 0.05) is 5.69 Å². The predicted molar refractivity (Wildman–Crippen MR) is 64.3 cm³/mol. The number of primary amides is 1. The maximum absolute atomic E-state index is 10.8. The van der Waals surface area contributed by atoms with Crippen LogP contribution >= 0.6 is 0 Å². The summed E-state index contributed by atoms with van der Waals surface area (Å²) in [5, 5.41) is 2.58. The molecule has 0 aliphatic carbocycles. The van der Waals surface area contributed by atoms with Crippen molar-refractivity contribution in [2.24, 2.45) is 5.73 Å². The number of hydrogen-bond donors (Lipinski definition) is 2. The van der Waals surface area contributed by atoms with Crippen LogP contribution in [0.15, 0.2) is 18.2 Å². The molecule has 1 aromatic rings. The largest absolute Gasteiger partial charge is 0.374 e.